The summed E-state index contributed by atoms with van der Waals surface area (Å²) in [4.78, 5) is 13.8. The summed E-state index contributed by atoms with van der Waals surface area (Å²) in [6, 6.07) is 1.82. The second-order valence-electron chi connectivity index (χ2n) is 8.40. The summed E-state index contributed by atoms with van der Waals surface area (Å²) >= 11 is 0. The Kier molecular flexibility index (Phi) is 4.48. The predicted octanol–water partition coefficient (Wildman–Crippen LogP) is 4.86. The molecule has 1 aromatic heterocycles. The summed E-state index contributed by atoms with van der Waals surface area (Å²) in [5.74, 6) is 0.273. The molecule has 3 aliphatic rings. The number of carbonyl (C=O) groups excluding carboxylic acids is 1. The largest absolute Gasteiger partial charge is 0.489 e. The van der Waals surface area contributed by atoms with E-state index in [1.165, 1.54) is 18.1 Å². The minimum Gasteiger partial charge on any atom is -0.489 e. The SMILES string of the molecule is COC(=O)N1c2c(F)cc(-c3cnn(C4CC4)c3)c(OC3CCC3)c2CCC1C. The number of carbonyl (C=O) groups is 1. The topological polar surface area (TPSA) is 56.6 Å². The smallest absolute Gasteiger partial charge is 0.414 e. The Morgan fingerprint density at radius 1 is 1.24 bits per heavy atom. The van der Waals surface area contributed by atoms with Crippen molar-refractivity contribution in [3.8, 4) is 16.9 Å². The zero-order valence-corrected chi connectivity index (χ0v) is 16.9. The van der Waals surface area contributed by atoms with Gasteiger partial charge in [0.05, 0.1) is 31.1 Å². The molecule has 7 heteroatoms. The highest BCUT2D eigenvalue weighted by Gasteiger charge is 2.36. The third-order valence-electron chi connectivity index (χ3n) is 6.34. The lowest BCUT2D eigenvalue weighted by atomic mass is 9.91. The Bertz CT molecular complexity index is 949. The van der Waals surface area contributed by atoms with Gasteiger partial charge < -0.3 is 9.47 Å². The van der Waals surface area contributed by atoms with E-state index in [9.17, 15) is 4.79 Å². The molecule has 0 N–H and O–H groups in total. The number of hydrogen-bond acceptors (Lipinski definition) is 4. The van der Waals surface area contributed by atoms with Gasteiger partial charge in [-0.15, -0.1) is 0 Å². The molecule has 1 atom stereocenters. The number of aromatic nitrogens is 2. The summed E-state index contributed by atoms with van der Waals surface area (Å²) in [7, 11) is 1.33. The molecule has 0 spiro atoms. The van der Waals surface area contributed by atoms with Gasteiger partial charge >= 0.3 is 6.09 Å². The van der Waals surface area contributed by atoms with Crippen LogP contribution in [0.15, 0.2) is 18.5 Å². The van der Waals surface area contributed by atoms with Crippen molar-refractivity contribution in [2.75, 3.05) is 12.0 Å². The lowest BCUT2D eigenvalue weighted by Gasteiger charge is -2.37. The summed E-state index contributed by atoms with van der Waals surface area (Å²) < 4.78 is 28.7. The minimum atomic E-state index is -0.541. The fourth-order valence-corrected chi connectivity index (χ4v) is 4.26. The third-order valence-corrected chi connectivity index (χ3v) is 6.34. The van der Waals surface area contributed by atoms with Gasteiger partial charge in [-0.25, -0.2) is 9.18 Å². The molecule has 2 heterocycles. The quantitative estimate of drug-likeness (QED) is 0.737. The van der Waals surface area contributed by atoms with Crippen molar-refractivity contribution >= 4 is 11.8 Å². The molecule has 154 valence electrons. The van der Waals surface area contributed by atoms with E-state index in [1.54, 1.807) is 6.20 Å². The van der Waals surface area contributed by atoms with Crippen LogP contribution in [0.2, 0.25) is 0 Å². The monoisotopic (exact) mass is 399 g/mol. The molecule has 5 rings (SSSR count). The first kappa shape index (κ1) is 18.5. The van der Waals surface area contributed by atoms with Gasteiger partial charge in [-0.1, -0.05) is 0 Å². The van der Waals surface area contributed by atoms with E-state index in [4.69, 9.17) is 9.47 Å². The molecule has 1 aliphatic heterocycles. The Labute approximate surface area is 169 Å². The summed E-state index contributed by atoms with van der Waals surface area (Å²) in [5, 5.41) is 4.47. The van der Waals surface area contributed by atoms with Gasteiger partial charge in [-0.2, -0.15) is 5.10 Å². The Hall–Kier alpha value is -2.57. The maximum absolute atomic E-state index is 15.4. The van der Waals surface area contributed by atoms with Crippen molar-refractivity contribution in [1.29, 1.82) is 0 Å². The second-order valence-corrected chi connectivity index (χ2v) is 8.40. The normalized spacial score (nSPS) is 21.5. The van der Waals surface area contributed by atoms with Gasteiger partial charge in [-0.3, -0.25) is 9.58 Å². The number of rotatable bonds is 4. The second kappa shape index (κ2) is 7.04. The first-order valence-electron chi connectivity index (χ1n) is 10.5. The van der Waals surface area contributed by atoms with Gasteiger partial charge in [0.15, 0.2) is 0 Å². The van der Waals surface area contributed by atoms with E-state index in [-0.39, 0.29) is 12.1 Å². The van der Waals surface area contributed by atoms with Crippen LogP contribution in [0.5, 0.6) is 5.75 Å². The molecule has 29 heavy (non-hydrogen) atoms. The van der Waals surface area contributed by atoms with E-state index in [2.05, 4.69) is 5.10 Å². The molecular formula is C22H26FN3O3. The maximum atomic E-state index is 15.4. The zero-order valence-electron chi connectivity index (χ0n) is 16.9. The van der Waals surface area contributed by atoms with Crippen LogP contribution >= 0.6 is 0 Å². The number of anilines is 1. The average Bonchev–Trinajstić information content (AvgIpc) is 3.42. The van der Waals surface area contributed by atoms with Crippen molar-refractivity contribution in [3.05, 3.63) is 29.8 Å². The lowest BCUT2D eigenvalue weighted by Crippen LogP contribution is -2.43. The molecular weight excluding hydrogens is 373 g/mol. The van der Waals surface area contributed by atoms with E-state index >= 15 is 4.39 Å². The summed E-state index contributed by atoms with van der Waals surface area (Å²) in [5.41, 5.74) is 2.63. The number of hydrogen-bond donors (Lipinski definition) is 0. The molecule has 2 aromatic rings. The molecule has 1 unspecified atom stereocenters. The Morgan fingerprint density at radius 2 is 2.03 bits per heavy atom. The lowest BCUT2D eigenvalue weighted by molar-refractivity contribution is 0.119. The minimum absolute atomic E-state index is 0.135. The number of halogens is 1. The molecule has 0 radical (unpaired) electrons. The highest BCUT2D eigenvalue weighted by Crippen LogP contribution is 2.46. The zero-order chi connectivity index (χ0) is 20.1. The molecule has 0 bridgehead atoms. The number of ether oxygens (including phenoxy) is 2. The predicted molar refractivity (Wildman–Crippen MR) is 107 cm³/mol. The average molecular weight is 399 g/mol. The van der Waals surface area contributed by atoms with Gasteiger partial charge in [0, 0.05) is 28.9 Å². The van der Waals surface area contributed by atoms with Crippen molar-refractivity contribution in [2.24, 2.45) is 0 Å². The van der Waals surface area contributed by atoms with Crippen LogP contribution in [0.25, 0.3) is 11.1 Å². The van der Waals surface area contributed by atoms with Crippen molar-refractivity contribution in [1.82, 2.24) is 9.78 Å². The van der Waals surface area contributed by atoms with Crippen LogP contribution in [0.3, 0.4) is 0 Å². The molecule has 1 aromatic carbocycles. The number of methoxy groups -OCH3 is 1. The van der Waals surface area contributed by atoms with E-state index in [0.717, 1.165) is 55.2 Å². The molecule has 6 nitrogen and oxygen atoms in total. The van der Waals surface area contributed by atoms with Crippen LogP contribution in [-0.2, 0) is 11.2 Å². The van der Waals surface area contributed by atoms with Crippen LogP contribution in [0.4, 0.5) is 14.9 Å². The highest BCUT2D eigenvalue weighted by atomic mass is 19.1. The first-order chi connectivity index (χ1) is 14.1. The number of nitrogens with zero attached hydrogens (tertiary/aromatic N) is 3. The molecule has 1 amide bonds. The number of benzene rings is 1. The van der Waals surface area contributed by atoms with E-state index in [1.807, 2.05) is 17.8 Å². The molecule has 0 saturated heterocycles. The van der Waals surface area contributed by atoms with Crippen molar-refractivity contribution in [2.45, 2.75) is 70.1 Å². The maximum Gasteiger partial charge on any atom is 0.414 e. The third kappa shape index (κ3) is 3.16. The Morgan fingerprint density at radius 3 is 2.69 bits per heavy atom. The van der Waals surface area contributed by atoms with Crippen LogP contribution in [-0.4, -0.2) is 35.1 Å². The van der Waals surface area contributed by atoms with Crippen LogP contribution in [0, 0.1) is 5.82 Å². The first-order valence-corrected chi connectivity index (χ1v) is 10.5. The van der Waals surface area contributed by atoms with Crippen LogP contribution in [0.1, 0.15) is 57.1 Å². The van der Waals surface area contributed by atoms with Gasteiger partial charge in [-0.05, 0) is 57.9 Å². The fourth-order valence-electron chi connectivity index (χ4n) is 4.26. The molecule has 2 saturated carbocycles. The summed E-state index contributed by atoms with van der Waals surface area (Å²) in [6.45, 7) is 1.92. The van der Waals surface area contributed by atoms with Gasteiger partial charge in [0.25, 0.3) is 0 Å². The van der Waals surface area contributed by atoms with Gasteiger partial charge in [0.2, 0.25) is 0 Å². The fraction of sp³-hybridized carbons (Fsp3) is 0.545. The highest BCUT2D eigenvalue weighted by molar-refractivity contribution is 5.92. The van der Waals surface area contributed by atoms with Crippen LogP contribution < -0.4 is 9.64 Å². The van der Waals surface area contributed by atoms with E-state index < -0.39 is 11.9 Å². The van der Waals surface area contributed by atoms with E-state index in [0.29, 0.717) is 23.9 Å². The molecule has 2 fully saturated rings. The standard InChI is InChI=1S/C22H26FN3O3/c1-13-6-9-17-20(26(13)22(27)28-2)19(23)10-18(21(17)29-16-4-3-5-16)14-11-24-25(12-14)15-7-8-15/h10-13,15-16H,3-9H2,1-2H3. The van der Waals surface area contributed by atoms with Crippen molar-refractivity contribution in [3.63, 3.8) is 0 Å². The number of amides is 1. The number of fused-ring (bicyclic) bond motifs is 1. The Balaban J connectivity index is 1.64. The van der Waals surface area contributed by atoms with Gasteiger partial charge in [0.1, 0.15) is 11.6 Å². The molecule has 2 aliphatic carbocycles. The summed E-state index contributed by atoms with van der Waals surface area (Å²) in [6.07, 6.45) is 10.2. The van der Waals surface area contributed by atoms with Crippen molar-refractivity contribution < 1.29 is 18.7 Å².